The highest BCUT2D eigenvalue weighted by atomic mass is 35.5. The van der Waals surface area contributed by atoms with Crippen LogP contribution in [0.1, 0.15) is 43.9 Å². The van der Waals surface area contributed by atoms with Crippen LogP contribution in [0.3, 0.4) is 0 Å². The Morgan fingerprint density at radius 2 is 1.64 bits per heavy atom. The standard InChI is InChI=1S/C29H29ClN2O/c1-29(2)18-24-27(26(33)19-29)28(21-12-6-7-13-22(21)30)32(17-16-20-10-4-3-5-11-20)25-15-9-8-14-23(25)31-24/h3-15,28,31H,16-19H2,1-2H3/t28-/m1/s1. The minimum atomic E-state index is -0.239. The van der Waals surface area contributed by atoms with E-state index in [4.69, 9.17) is 11.6 Å². The molecule has 0 fully saturated rings. The zero-order chi connectivity index (χ0) is 23.0. The van der Waals surface area contributed by atoms with Crippen molar-refractivity contribution in [2.45, 2.75) is 39.2 Å². The summed E-state index contributed by atoms with van der Waals surface area (Å²) >= 11 is 6.77. The van der Waals surface area contributed by atoms with Crippen LogP contribution in [0.5, 0.6) is 0 Å². The number of nitrogens with zero attached hydrogens (tertiary/aromatic N) is 1. The number of halogens is 1. The molecule has 2 aliphatic rings. The summed E-state index contributed by atoms with van der Waals surface area (Å²) < 4.78 is 0. The molecule has 1 heterocycles. The van der Waals surface area contributed by atoms with Crippen molar-refractivity contribution in [2.75, 3.05) is 16.8 Å². The van der Waals surface area contributed by atoms with Gasteiger partial charge in [-0.05, 0) is 47.6 Å². The molecule has 0 bridgehead atoms. The lowest BCUT2D eigenvalue weighted by Gasteiger charge is -2.38. The molecule has 0 saturated heterocycles. The van der Waals surface area contributed by atoms with Gasteiger partial charge in [0, 0.05) is 29.3 Å². The van der Waals surface area contributed by atoms with Crippen LogP contribution in [0.2, 0.25) is 5.02 Å². The first-order chi connectivity index (χ1) is 15.9. The smallest absolute Gasteiger partial charge is 0.163 e. The van der Waals surface area contributed by atoms with Gasteiger partial charge in [0.25, 0.3) is 0 Å². The van der Waals surface area contributed by atoms with Crippen LogP contribution in [-0.2, 0) is 11.2 Å². The topological polar surface area (TPSA) is 32.3 Å². The molecular formula is C29H29ClN2O. The second-order valence-electron chi connectivity index (χ2n) is 9.83. The maximum atomic E-state index is 13.7. The second kappa shape index (κ2) is 8.72. The van der Waals surface area contributed by atoms with Gasteiger partial charge in [0.05, 0.1) is 17.4 Å². The van der Waals surface area contributed by atoms with E-state index < -0.39 is 0 Å². The summed E-state index contributed by atoms with van der Waals surface area (Å²) in [7, 11) is 0. The molecule has 0 unspecified atom stereocenters. The Morgan fingerprint density at radius 1 is 0.939 bits per heavy atom. The number of carbonyl (C=O) groups is 1. The number of carbonyl (C=O) groups excluding carboxylic acids is 1. The van der Waals surface area contributed by atoms with Gasteiger partial charge < -0.3 is 10.2 Å². The molecule has 168 valence electrons. The normalized spacial score (nSPS) is 19.4. The van der Waals surface area contributed by atoms with Crippen LogP contribution in [0.15, 0.2) is 90.1 Å². The van der Waals surface area contributed by atoms with Crippen LogP contribution in [0, 0.1) is 5.41 Å². The van der Waals surface area contributed by atoms with E-state index >= 15 is 0 Å². The Bertz CT molecular complexity index is 1220. The van der Waals surface area contributed by atoms with Crippen molar-refractivity contribution in [3.8, 4) is 0 Å². The van der Waals surface area contributed by atoms with Gasteiger partial charge in [-0.3, -0.25) is 4.79 Å². The first-order valence-corrected chi connectivity index (χ1v) is 12.0. The Morgan fingerprint density at radius 3 is 2.42 bits per heavy atom. The zero-order valence-electron chi connectivity index (χ0n) is 19.1. The SMILES string of the molecule is CC1(C)CC(=O)C2=C(C1)Nc1ccccc1N(CCc1ccccc1)[C@@H]2c1ccccc1Cl. The van der Waals surface area contributed by atoms with Gasteiger partial charge in [-0.25, -0.2) is 0 Å². The summed E-state index contributed by atoms with van der Waals surface area (Å²) in [5, 5.41) is 4.36. The van der Waals surface area contributed by atoms with Crippen molar-refractivity contribution >= 4 is 28.8 Å². The predicted molar refractivity (Wildman–Crippen MR) is 137 cm³/mol. The summed E-state index contributed by atoms with van der Waals surface area (Å²) in [6.45, 7) is 5.11. The average molecular weight is 457 g/mol. The van der Waals surface area contributed by atoms with E-state index in [1.54, 1.807) is 0 Å². The van der Waals surface area contributed by atoms with Gasteiger partial charge in [0.2, 0.25) is 0 Å². The van der Waals surface area contributed by atoms with Crippen LogP contribution in [0.25, 0.3) is 0 Å². The molecule has 0 saturated carbocycles. The number of allylic oxidation sites excluding steroid dienone is 1. The molecule has 3 nitrogen and oxygen atoms in total. The predicted octanol–water partition coefficient (Wildman–Crippen LogP) is 7.20. The molecule has 4 heteroatoms. The number of ketones is 1. The van der Waals surface area contributed by atoms with Crippen molar-refractivity contribution in [2.24, 2.45) is 5.41 Å². The molecule has 0 spiro atoms. The Labute approximate surface area is 201 Å². The first kappa shape index (κ1) is 21.8. The third-order valence-electron chi connectivity index (χ3n) is 6.69. The number of nitrogens with one attached hydrogen (secondary N) is 1. The number of hydrogen-bond donors (Lipinski definition) is 1. The van der Waals surface area contributed by atoms with E-state index in [0.29, 0.717) is 11.4 Å². The van der Waals surface area contributed by atoms with E-state index in [1.807, 2.05) is 30.3 Å². The van der Waals surface area contributed by atoms with Gasteiger partial charge >= 0.3 is 0 Å². The molecule has 5 rings (SSSR count). The van der Waals surface area contributed by atoms with Gasteiger partial charge in [-0.15, -0.1) is 0 Å². The molecule has 1 aliphatic heterocycles. The number of para-hydroxylation sites is 2. The van der Waals surface area contributed by atoms with Gasteiger partial charge in [-0.1, -0.05) is 86.1 Å². The fourth-order valence-electron chi connectivity index (χ4n) is 5.21. The highest BCUT2D eigenvalue weighted by molar-refractivity contribution is 6.31. The minimum Gasteiger partial charge on any atom is -0.358 e. The van der Waals surface area contributed by atoms with Gasteiger partial charge in [0.15, 0.2) is 5.78 Å². The van der Waals surface area contributed by atoms with Crippen LogP contribution in [-0.4, -0.2) is 12.3 Å². The highest BCUT2D eigenvalue weighted by Gasteiger charge is 2.41. The van der Waals surface area contributed by atoms with Crippen molar-refractivity contribution in [1.29, 1.82) is 0 Å². The van der Waals surface area contributed by atoms with E-state index in [-0.39, 0.29) is 17.2 Å². The fourth-order valence-corrected chi connectivity index (χ4v) is 5.45. The van der Waals surface area contributed by atoms with Gasteiger partial charge in [0.1, 0.15) is 0 Å². The number of benzene rings is 3. The Kier molecular flexibility index (Phi) is 5.76. The monoisotopic (exact) mass is 456 g/mol. The number of anilines is 2. The Hall–Kier alpha value is -3.04. The van der Waals surface area contributed by atoms with Crippen molar-refractivity contribution in [3.05, 3.63) is 106 Å². The van der Waals surface area contributed by atoms with E-state index in [1.165, 1.54) is 5.56 Å². The largest absolute Gasteiger partial charge is 0.358 e. The molecular weight excluding hydrogens is 428 g/mol. The number of fused-ring (bicyclic) bond motifs is 1. The molecule has 33 heavy (non-hydrogen) atoms. The summed E-state index contributed by atoms with van der Waals surface area (Å²) in [5.74, 6) is 0.205. The summed E-state index contributed by atoms with van der Waals surface area (Å²) in [4.78, 5) is 16.1. The Balaban J connectivity index is 1.69. The zero-order valence-corrected chi connectivity index (χ0v) is 19.9. The molecule has 1 N–H and O–H groups in total. The maximum absolute atomic E-state index is 13.7. The lowest BCUT2D eigenvalue weighted by Crippen LogP contribution is -2.37. The van der Waals surface area contributed by atoms with E-state index in [9.17, 15) is 4.79 Å². The molecule has 0 radical (unpaired) electrons. The van der Waals surface area contributed by atoms with Crippen molar-refractivity contribution in [1.82, 2.24) is 0 Å². The molecule has 1 aliphatic carbocycles. The first-order valence-electron chi connectivity index (χ1n) is 11.6. The highest BCUT2D eigenvalue weighted by Crippen LogP contribution is 2.49. The molecule has 3 aromatic rings. The number of hydrogen-bond acceptors (Lipinski definition) is 3. The van der Waals surface area contributed by atoms with Gasteiger partial charge in [-0.2, -0.15) is 0 Å². The lowest BCUT2D eigenvalue weighted by atomic mass is 9.73. The van der Waals surface area contributed by atoms with Crippen LogP contribution >= 0.6 is 11.6 Å². The fraction of sp³-hybridized carbons (Fsp3) is 0.276. The third kappa shape index (κ3) is 4.30. The van der Waals surface area contributed by atoms with E-state index in [2.05, 4.69) is 72.6 Å². The summed E-state index contributed by atoms with van der Waals surface area (Å²) in [6.07, 6.45) is 2.24. The quantitative estimate of drug-likeness (QED) is 0.450. The summed E-state index contributed by atoms with van der Waals surface area (Å²) in [5.41, 5.74) is 6.18. The van der Waals surface area contributed by atoms with Crippen LogP contribution in [0.4, 0.5) is 11.4 Å². The average Bonchev–Trinajstić information content (AvgIpc) is 2.92. The molecule has 0 aromatic heterocycles. The number of Topliss-reactive ketones (excluding diaryl/α,β-unsaturated/α-hetero) is 1. The van der Waals surface area contributed by atoms with Crippen LogP contribution < -0.4 is 10.2 Å². The molecule has 1 atom stereocenters. The lowest BCUT2D eigenvalue weighted by molar-refractivity contribution is -0.118. The number of rotatable bonds is 4. The molecule has 3 aromatic carbocycles. The van der Waals surface area contributed by atoms with Crippen molar-refractivity contribution < 1.29 is 4.79 Å². The second-order valence-corrected chi connectivity index (χ2v) is 10.2. The third-order valence-corrected chi connectivity index (χ3v) is 7.03. The van der Waals surface area contributed by atoms with Crippen molar-refractivity contribution in [3.63, 3.8) is 0 Å². The molecule has 0 amide bonds. The van der Waals surface area contributed by atoms with E-state index in [0.717, 1.165) is 47.6 Å². The summed E-state index contributed by atoms with van der Waals surface area (Å²) in [6, 6.07) is 26.6. The maximum Gasteiger partial charge on any atom is 0.163 e. The minimum absolute atomic E-state index is 0.0812.